The molecule has 1 saturated carbocycles. The number of amides is 2. The third-order valence-electron chi connectivity index (χ3n) is 4.17. The standard InChI is InChI=1S/C16H18N6OS/c1-10(14-21-20-12-4-2-3-8-22(12)14)18-16(23)19-13(11-5-6-11)15-17-7-9-24-15/h2-4,7-11,13H,5-6H2,1H3,(H2,18,19,23). The highest BCUT2D eigenvalue weighted by Crippen LogP contribution is 2.41. The Morgan fingerprint density at radius 1 is 1.33 bits per heavy atom. The molecule has 0 bridgehead atoms. The van der Waals surface area contributed by atoms with Crippen LogP contribution in [-0.4, -0.2) is 25.6 Å². The molecule has 2 atom stereocenters. The highest BCUT2D eigenvalue weighted by Gasteiger charge is 2.35. The van der Waals surface area contributed by atoms with Crippen LogP contribution in [0.25, 0.3) is 5.65 Å². The van der Waals surface area contributed by atoms with Crippen molar-refractivity contribution >= 4 is 23.0 Å². The number of nitrogens with zero attached hydrogens (tertiary/aromatic N) is 4. The van der Waals surface area contributed by atoms with Gasteiger partial charge in [0.25, 0.3) is 0 Å². The van der Waals surface area contributed by atoms with Crippen LogP contribution in [0.1, 0.15) is 42.7 Å². The van der Waals surface area contributed by atoms with Crippen molar-refractivity contribution in [2.75, 3.05) is 0 Å². The minimum absolute atomic E-state index is 0.00709. The number of thiazole rings is 1. The summed E-state index contributed by atoms with van der Waals surface area (Å²) in [5.74, 6) is 1.20. The Morgan fingerprint density at radius 2 is 2.21 bits per heavy atom. The van der Waals surface area contributed by atoms with Gasteiger partial charge < -0.3 is 10.6 Å². The van der Waals surface area contributed by atoms with Crippen molar-refractivity contribution in [2.24, 2.45) is 5.92 Å². The fourth-order valence-electron chi connectivity index (χ4n) is 2.80. The Morgan fingerprint density at radius 3 is 2.96 bits per heavy atom. The molecule has 124 valence electrons. The zero-order valence-electron chi connectivity index (χ0n) is 13.2. The van der Waals surface area contributed by atoms with Crippen LogP contribution in [-0.2, 0) is 0 Å². The number of carbonyl (C=O) groups is 1. The van der Waals surface area contributed by atoms with Gasteiger partial charge in [0.1, 0.15) is 5.01 Å². The average Bonchev–Trinajstić information content (AvgIpc) is 3.11. The molecule has 1 fully saturated rings. The normalized spacial score (nSPS) is 16.7. The maximum absolute atomic E-state index is 12.4. The average molecular weight is 342 g/mol. The van der Waals surface area contributed by atoms with Gasteiger partial charge >= 0.3 is 6.03 Å². The van der Waals surface area contributed by atoms with Crippen LogP contribution in [0.4, 0.5) is 4.79 Å². The minimum Gasteiger partial charge on any atom is -0.329 e. The fourth-order valence-corrected chi connectivity index (χ4v) is 3.58. The lowest BCUT2D eigenvalue weighted by Gasteiger charge is -2.18. The molecule has 24 heavy (non-hydrogen) atoms. The van der Waals surface area contributed by atoms with Gasteiger partial charge in [-0.3, -0.25) is 4.40 Å². The molecule has 8 heteroatoms. The number of carbonyl (C=O) groups excluding carboxylic acids is 1. The first-order chi connectivity index (χ1) is 11.7. The number of nitrogens with one attached hydrogen (secondary N) is 2. The van der Waals surface area contributed by atoms with Crippen molar-refractivity contribution in [3.63, 3.8) is 0 Å². The van der Waals surface area contributed by atoms with Crippen LogP contribution in [0.5, 0.6) is 0 Å². The molecule has 1 aliphatic carbocycles. The number of rotatable bonds is 5. The van der Waals surface area contributed by atoms with E-state index < -0.39 is 0 Å². The second-order valence-corrected chi connectivity index (χ2v) is 6.94. The fraction of sp³-hybridized carbons (Fsp3) is 0.375. The van der Waals surface area contributed by atoms with Crippen LogP contribution >= 0.6 is 11.3 Å². The summed E-state index contributed by atoms with van der Waals surface area (Å²) < 4.78 is 1.88. The second kappa shape index (κ2) is 6.20. The predicted molar refractivity (Wildman–Crippen MR) is 90.6 cm³/mol. The Hall–Kier alpha value is -2.48. The number of fused-ring (bicyclic) bond motifs is 1. The lowest BCUT2D eigenvalue weighted by Crippen LogP contribution is -2.40. The Balaban J connectivity index is 1.45. The van der Waals surface area contributed by atoms with Gasteiger partial charge in [0.15, 0.2) is 11.5 Å². The SMILES string of the molecule is CC(NC(=O)NC(c1nccs1)C1CC1)c1nnc2ccccn12. The zero-order chi connectivity index (χ0) is 16.5. The molecule has 3 aromatic rings. The van der Waals surface area contributed by atoms with E-state index in [1.807, 2.05) is 41.1 Å². The van der Waals surface area contributed by atoms with Gasteiger partial charge in [0.2, 0.25) is 0 Å². The molecule has 0 radical (unpaired) electrons. The van der Waals surface area contributed by atoms with Crippen LogP contribution < -0.4 is 10.6 Å². The highest BCUT2D eigenvalue weighted by atomic mass is 32.1. The smallest absolute Gasteiger partial charge is 0.315 e. The Bertz CT molecular complexity index is 841. The van der Waals surface area contributed by atoms with Crippen LogP contribution in [0.2, 0.25) is 0 Å². The van der Waals surface area contributed by atoms with Gasteiger partial charge in [-0.25, -0.2) is 9.78 Å². The van der Waals surface area contributed by atoms with E-state index in [1.165, 1.54) is 0 Å². The molecule has 2 N–H and O–H groups in total. The molecular weight excluding hydrogens is 324 g/mol. The van der Waals surface area contributed by atoms with Gasteiger partial charge in [0.05, 0.1) is 12.1 Å². The molecular formula is C16H18N6OS. The van der Waals surface area contributed by atoms with Crippen molar-refractivity contribution in [1.82, 2.24) is 30.2 Å². The summed E-state index contributed by atoms with van der Waals surface area (Å²) in [5, 5.41) is 17.2. The first kappa shape index (κ1) is 15.1. The molecule has 2 amide bonds. The number of urea groups is 1. The third kappa shape index (κ3) is 2.96. The van der Waals surface area contributed by atoms with Crippen molar-refractivity contribution in [1.29, 1.82) is 0 Å². The zero-order valence-corrected chi connectivity index (χ0v) is 14.0. The van der Waals surface area contributed by atoms with Crippen molar-refractivity contribution in [3.05, 3.63) is 46.8 Å². The van der Waals surface area contributed by atoms with Crippen LogP contribution in [0.3, 0.4) is 0 Å². The molecule has 4 rings (SSSR count). The summed E-state index contributed by atoms with van der Waals surface area (Å²) in [5.41, 5.74) is 0.764. The molecule has 3 aromatic heterocycles. The van der Waals surface area contributed by atoms with Gasteiger partial charge in [0, 0.05) is 17.8 Å². The van der Waals surface area contributed by atoms with Crippen LogP contribution in [0, 0.1) is 5.92 Å². The summed E-state index contributed by atoms with van der Waals surface area (Å²) in [6.45, 7) is 1.90. The number of pyridine rings is 1. The van der Waals surface area contributed by atoms with E-state index in [0.29, 0.717) is 11.7 Å². The van der Waals surface area contributed by atoms with E-state index in [2.05, 4.69) is 25.8 Å². The van der Waals surface area contributed by atoms with Gasteiger partial charge in [-0.05, 0) is 37.8 Å². The summed E-state index contributed by atoms with van der Waals surface area (Å²) in [4.78, 5) is 16.8. The quantitative estimate of drug-likeness (QED) is 0.747. The Labute approximate surface area is 143 Å². The molecule has 7 nitrogen and oxygen atoms in total. The van der Waals surface area contributed by atoms with E-state index in [1.54, 1.807) is 17.5 Å². The van der Waals surface area contributed by atoms with Crippen molar-refractivity contribution in [2.45, 2.75) is 31.8 Å². The van der Waals surface area contributed by atoms with Crippen molar-refractivity contribution in [3.8, 4) is 0 Å². The lowest BCUT2D eigenvalue weighted by molar-refractivity contribution is 0.232. The lowest BCUT2D eigenvalue weighted by atomic mass is 10.2. The summed E-state index contributed by atoms with van der Waals surface area (Å²) in [6.07, 6.45) is 5.94. The Kier molecular flexibility index (Phi) is 3.89. The molecule has 0 aliphatic heterocycles. The third-order valence-corrected chi connectivity index (χ3v) is 5.03. The van der Waals surface area contributed by atoms with Gasteiger partial charge in [-0.2, -0.15) is 0 Å². The largest absolute Gasteiger partial charge is 0.329 e. The summed E-state index contributed by atoms with van der Waals surface area (Å²) in [6, 6.07) is 5.24. The van der Waals surface area contributed by atoms with E-state index in [0.717, 1.165) is 23.5 Å². The molecule has 0 saturated heterocycles. The van der Waals surface area contributed by atoms with E-state index in [4.69, 9.17) is 0 Å². The number of hydrogen-bond donors (Lipinski definition) is 2. The molecule has 2 unspecified atom stereocenters. The molecule has 0 spiro atoms. The monoisotopic (exact) mass is 342 g/mol. The minimum atomic E-state index is -0.251. The molecule has 1 aliphatic rings. The maximum atomic E-state index is 12.4. The van der Waals surface area contributed by atoms with Crippen molar-refractivity contribution < 1.29 is 4.79 Å². The molecule has 0 aromatic carbocycles. The predicted octanol–water partition coefficient (Wildman–Crippen LogP) is 2.70. The topological polar surface area (TPSA) is 84.2 Å². The molecule has 3 heterocycles. The first-order valence-corrected chi connectivity index (χ1v) is 8.86. The summed E-state index contributed by atoms with van der Waals surface area (Å²) >= 11 is 1.58. The van der Waals surface area contributed by atoms with E-state index in [-0.39, 0.29) is 18.1 Å². The summed E-state index contributed by atoms with van der Waals surface area (Å²) in [7, 11) is 0. The van der Waals surface area contributed by atoms with Gasteiger partial charge in [-0.1, -0.05) is 6.07 Å². The first-order valence-electron chi connectivity index (χ1n) is 7.98. The van der Waals surface area contributed by atoms with Gasteiger partial charge in [-0.15, -0.1) is 21.5 Å². The highest BCUT2D eigenvalue weighted by molar-refractivity contribution is 7.09. The van der Waals surface area contributed by atoms with Crippen LogP contribution in [0.15, 0.2) is 36.0 Å². The van der Waals surface area contributed by atoms with E-state index >= 15 is 0 Å². The maximum Gasteiger partial charge on any atom is 0.315 e. The number of aromatic nitrogens is 4. The number of hydrogen-bond acceptors (Lipinski definition) is 5. The van der Waals surface area contributed by atoms with E-state index in [9.17, 15) is 4.79 Å². The second-order valence-electron chi connectivity index (χ2n) is 6.01.